The second-order valence-corrected chi connectivity index (χ2v) is 7.01. The van der Waals surface area contributed by atoms with Crippen molar-refractivity contribution in [2.24, 2.45) is 0 Å². The molecule has 2 N–H and O–H groups in total. The summed E-state index contributed by atoms with van der Waals surface area (Å²) in [5, 5.41) is 12.4. The molecule has 0 aliphatic rings. The number of phenolic OH excluding ortho intramolecular Hbond substituents is 1. The molecule has 0 radical (unpaired) electrons. The lowest BCUT2D eigenvalue weighted by Gasteiger charge is -2.24. The second kappa shape index (κ2) is 7.86. The average Bonchev–Trinajstić information content (AvgIpc) is 2.44. The van der Waals surface area contributed by atoms with Crippen molar-refractivity contribution in [1.29, 1.82) is 0 Å². The summed E-state index contributed by atoms with van der Waals surface area (Å²) in [5.41, 5.74) is -0.405. The number of aromatic hydroxyl groups is 1. The van der Waals surface area contributed by atoms with E-state index in [0.717, 1.165) is 0 Å². The number of hydrogen-bond acceptors (Lipinski definition) is 4. The van der Waals surface area contributed by atoms with E-state index in [0.29, 0.717) is 12.2 Å². The van der Waals surface area contributed by atoms with Gasteiger partial charge in [0.25, 0.3) is 0 Å². The molecule has 0 aromatic heterocycles. The van der Waals surface area contributed by atoms with Gasteiger partial charge < -0.3 is 19.9 Å². The molecule has 0 aliphatic heterocycles. The van der Waals surface area contributed by atoms with Crippen LogP contribution < -0.4 is 10.1 Å². The number of amides is 1. The van der Waals surface area contributed by atoms with E-state index in [9.17, 15) is 14.3 Å². The van der Waals surface area contributed by atoms with E-state index in [1.807, 2.05) is 6.92 Å². The number of methoxy groups -OCH3 is 1. The van der Waals surface area contributed by atoms with Gasteiger partial charge in [-0.25, -0.2) is 9.18 Å². The number of alkyl carbamates (subject to hydrolysis) is 1. The molecule has 0 heterocycles. The van der Waals surface area contributed by atoms with Crippen LogP contribution >= 0.6 is 15.9 Å². The number of benzene rings is 1. The Labute approximate surface area is 144 Å². The smallest absolute Gasteiger partial charge is 0.407 e. The molecule has 0 saturated heterocycles. The molecule has 0 aliphatic carbocycles. The van der Waals surface area contributed by atoms with Gasteiger partial charge in [-0.1, -0.05) is 6.92 Å². The minimum Gasteiger partial charge on any atom is -0.504 e. The van der Waals surface area contributed by atoms with Crippen LogP contribution in [0.4, 0.5) is 9.18 Å². The second-order valence-electron chi connectivity index (χ2n) is 6.16. The highest BCUT2D eigenvalue weighted by molar-refractivity contribution is 9.10. The third-order valence-electron chi connectivity index (χ3n) is 3.14. The van der Waals surface area contributed by atoms with Gasteiger partial charge in [-0.15, -0.1) is 0 Å². The molecule has 5 nitrogen and oxygen atoms in total. The van der Waals surface area contributed by atoms with E-state index in [4.69, 9.17) is 9.47 Å². The Morgan fingerprint density at radius 3 is 2.57 bits per heavy atom. The zero-order valence-electron chi connectivity index (χ0n) is 14.0. The third kappa shape index (κ3) is 5.57. The van der Waals surface area contributed by atoms with Crippen molar-refractivity contribution in [3.63, 3.8) is 0 Å². The molecule has 1 rings (SSSR count). The van der Waals surface area contributed by atoms with Crippen LogP contribution in [0.3, 0.4) is 0 Å². The number of halogens is 2. The molecular weight excluding hydrogens is 369 g/mol. The first-order valence-corrected chi connectivity index (χ1v) is 8.11. The Morgan fingerprint density at radius 2 is 2.09 bits per heavy atom. The molecule has 0 saturated carbocycles. The zero-order chi connectivity index (χ0) is 17.8. The van der Waals surface area contributed by atoms with Gasteiger partial charge >= 0.3 is 6.09 Å². The highest BCUT2D eigenvalue weighted by Gasteiger charge is 2.23. The summed E-state index contributed by atoms with van der Waals surface area (Å²) >= 11 is 3.07. The van der Waals surface area contributed by atoms with E-state index >= 15 is 0 Å². The van der Waals surface area contributed by atoms with E-state index in [-0.39, 0.29) is 22.5 Å². The van der Waals surface area contributed by atoms with Crippen LogP contribution in [0.25, 0.3) is 0 Å². The van der Waals surface area contributed by atoms with Crippen molar-refractivity contribution in [3.05, 3.63) is 21.9 Å². The van der Waals surface area contributed by atoms with Crippen LogP contribution in [0.15, 0.2) is 10.5 Å². The highest BCUT2D eigenvalue weighted by Crippen LogP contribution is 2.36. The van der Waals surface area contributed by atoms with Crippen molar-refractivity contribution in [3.8, 4) is 11.5 Å². The zero-order valence-corrected chi connectivity index (χ0v) is 15.6. The summed E-state index contributed by atoms with van der Waals surface area (Å²) in [6, 6.07) is 1.14. The van der Waals surface area contributed by atoms with Gasteiger partial charge in [0.15, 0.2) is 11.6 Å². The summed E-state index contributed by atoms with van der Waals surface area (Å²) in [4.78, 5) is 11.9. The summed E-state index contributed by atoms with van der Waals surface area (Å²) in [5.74, 6) is -0.940. The maximum atomic E-state index is 14.3. The summed E-state index contributed by atoms with van der Waals surface area (Å²) in [6.45, 7) is 7.17. The van der Waals surface area contributed by atoms with Gasteiger partial charge in [-0.3, -0.25) is 0 Å². The third-order valence-corrected chi connectivity index (χ3v) is 3.74. The van der Waals surface area contributed by atoms with Gasteiger partial charge in [-0.05, 0) is 55.6 Å². The molecule has 1 aromatic carbocycles. The maximum Gasteiger partial charge on any atom is 0.407 e. The average molecular weight is 392 g/mol. The maximum absolute atomic E-state index is 14.3. The Morgan fingerprint density at radius 1 is 1.48 bits per heavy atom. The minimum absolute atomic E-state index is 0.172. The molecule has 130 valence electrons. The monoisotopic (exact) mass is 391 g/mol. The number of ether oxygens (including phenoxy) is 2. The molecule has 1 atom stereocenters. The van der Waals surface area contributed by atoms with Gasteiger partial charge in [-0.2, -0.15) is 0 Å². The molecule has 1 unspecified atom stereocenters. The van der Waals surface area contributed by atoms with Crippen molar-refractivity contribution < 1.29 is 23.8 Å². The lowest BCUT2D eigenvalue weighted by atomic mass is 10.0. The summed E-state index contributed by atoms with van der Waals surface area (Å²) < 4.78 is 24.9. The predicted octanol–water partition coefficient (Wildman–Crippen LogP) is 4.15. The molecular formula is C16H23BrFNO4. The van der Waals surface area contributed by atoms with Gasteiger partial charge in [0.2, 0.25) is 0 Å². The van der Waals surface area contributed by atoms with Crippen LogP contribution in [0.2, 0.25) is 0 Å². The van der Waals surface area contributed by atoms with Crippen molar-refractivity contribution >= 4 is 22.0 Å². The Balaban J connectivity index is 2.96. The quantitative estimate of drug-likeness (QED) is 0.790. The lowest BCUT2D eigenvalue weighted by molar-refractivity contribution is 0.0502. The van der Waals surface area contributed by atoms with Crippen LogP contribution in [0, 0.1) is 5.82 Å². The summed E-state index contributed by atoms with van der Waals surface area (Å²) in [6.07, 6.45) is 0.176. The Hall–Kier alpha value is -1.50. The number of rotatable bonds is 5. The van der Waals surface area contributed by atoms with Crippen molar-refractivity contribution in [2.45, 2.75) is 52.2 Å². The highest BCUT2D eigenvalue weighted by atomic mass is 79.9. The largest absolute Gasteiger partial charge is 0.504 e. The SMILES string of the molecule is CCC(Cc1c(OC)cc(Br)c(O)c1F)NC(=O)OC(C)(C)C. The first-order chi connectivity index (χ1) is 10.6. The van der Waals surface area contributed by atoms with E-state index < -0.39 is 23.3 Å². The molecule has 0 fully saturated rings. The first-order valence-electron chi connectivity index (χ1n) is 7.32. The predicted molar refractivity (Wildman–Crippen MR) is 89.5 cm³/mol. The van der Waals surface area contributed by atoms with E-state index in [1.165, 1.54) is 13.2 Å². The van der Waals surface area contributed by atoms with Crippen molar-refractivity contribution in [1.82, 2.24) is 5.32 Å². The van der Waals surface area contributed by atoms with Gasteiger partial charge in [0, 0.05) is 11.6 Å². The molecule has 1 aromatic rings. The first kappa shape index (κ1) is 19.5. The Bertz CT molecular complexity index is 572. The fraction of sp³-hybridized carbons (Fsp3) is 0.562. The van der Waals surface area contributed by atoms with Crippen LogP contribution in [-0.4, -0.2) is 30.0 Å². The fourth-order valence-electron chi connectivity index (χ4n) is 2.02. The number of carbonyl (C=O) groups excluding carboxylic acids is 1. The number of nitrogens with one attached hydrogen (secondary N) is 1. The van der Waals surface area contributed by atoms with E-state index in [1.54, 1.807) is 20.8 Å². The van der Waals surface area contributed by atoms with Gasteiger partial charge in [0.1, 0.15) is 11.4 Å². The van der Waals surface area contributed by atoms with Crippen LogP contribution in [0.5, 0.6) is 11.5 Å². The van der Waals surface area contributed by atoms with Crippen molar-refractivity contribution in [2.75, 3.05) is 7.11 Å². The molecule has 23 heavy (non-hydrogen) atoms. The van der Waals surface area contributed by atoms with E-state index in [2.05, 4.69) is 21.2 Å². The topological polar surface area (TPSA) is 67.8 Å². The minimum atomic E-state index is -0.763. The molecule has 0 bridgehead atoms. The number of phenols is 1. The molecule has 0 spiro atoms. The fourth-order valence-corrected chi connectivity index (χ4v) is 2.40. The van der Waals surface area contributed by atoms with Crippen LogP contribution in [-0.2, 0) is 11.2 Å². The molecule has 7 heteroatoms. The standard InChI is InChI=1S/C16H23BrFNO4/c1-6-9(19-15(21)23-16(2,3)4)7-10-12(22-5)8-11(17)14(20)13(10)18/h8-9,20H,6-7H2,1-5H3,(H,19,21). The van der Waals surface area contributed by atoms with Gasteiger partial charge in [0.05, 0.1) is 11.6 Å². The number of carbonyl (C=O) groups is 1. The normalized spacial score (nSPS) is 12.7. The lowest BCUT2D eigenvalue weighted by Crippen LogP contribution is -2.40. The molecule has 1 amide bonds. The Kier molecular flexibility index (Phi) is 6.68. The summed E-state index contributed by atoms with van der Waals surface area (Å²) in [7, 11) is 1.42. The van der Waals surface area contributed by atoms with Crippen LogP contribution in [0.1, 0.15) is 39.7 Å². The number of hydrogen-bond donors (Lipinski definition) is 2.